The van der Waals surface area contributed by atoms with Crippen LogP contribution < -0.4 is 21.7 Å². The number of carbonyl (C=O) groups excluding carboxylic acids is 3. The summed E-state index contributed by atoms with van der Waals surface area (Å²) in [7, 11) is 0. The molecular formula is C21H36N6O5S2. The van der Waals surface area contributed by atoms with Gasteiger partial charge in [0.1, 0.15) is 18.1 Å². The van der Waals surface area contributed by atoms with Crippen molar-refractivity contribution in [3.8, 4) is 0 Å². The van der Waals surface area contributed by atoms with Crippen molar-refractivity contribution in [2.75, 3.05) is 24.0 Å². The number of nitrogens with two attached hydrogens (primary N) is 1. The van der Waals surface area contributed by atoms with Crippen LogP contribution in [0.25, 0.3) is 0 Å². The van der Waals surface area contributed by atoms with Crippen LogP contribution in [-0.2, 0) is 25.6 Å². The van der Waals surface area contributed by atoms with Gasteiger partial charge in [-0.25, -0.2) is 9.78 Å². The molecule has 0 aliphatic carbocycles. The zero-order chi connectivity index (χ0) is 25.7. The maximum Gasteiger partial charge on any atom is 0.326 e. The Hall–Kier alpha value is -2.25. The molecule has 0 spiro atoms. The molecule has 0 aliphatic heterocycles. The van der Waals surface area contributed by atoms with E-state index in [1.807, 2.05) is 12.5 Å². The van der Waals surface area contributed by atoms with E-state index in [-0.39, 0.29) is 18.8 Å². The van der Waals surface area contributed by atoms with Gasteiger partial charge < -0.3 is 31.8 Å². The number of hydrogen-bond acceptors (Lipinski definition) is 8. The summed E-state index contributed by atoms with van der Waals surface area (Å²) in [5.41, 5.74) is 6.55. The van der Waals surface area contributed by atoms with Crippen LogP contribution in [0.4, 0.5) is 0 Å². The van der Waals surface area contributed by atoms with Crippen molar-refractivity contribution in [1.82, 2.24) is 25.9 Å². The average molecular weight is 517 g/mol. The van der Waals surface area contributed by atoms with Crippen LogP contribution in [0.5, 0.6) is 0 Å². The topological polar surface area (TPSA) is 179 Å². The molecular weight excluding hydrogens is 480 g/mol. The van der Waals surface area contributed by atoms with Gasteiger partial charge in [0.15, 0.2) is 0 Å². The summed E-state index contributed by atoms with van der Waals surface area (Å²) in [6.07, 6.45) is 7.38. The Balaban J connectivity index is 3.00. The van der Waals surface area contributed by atoms with Gasteiger partial charge >= 0.3 is 5.97 Å². The molecule has 34 heavy (non-hydrogen) atoms. The monoisotopic (exact) mass is 516 g/mol. The first-order valence-electron chi connectivity index (χ1n) is 10.9. The molecule has 0 fully saturated rings. The average Bonchev–Trinajstić information content (AvgIpc) is 3.30. The number of imidazole rings is 1. The number of aromatic amines is 1. The smallest absolute Gasteiger partial charge is 0.326 e. The molecule has 1 rings (SSSR count). The predicted octanol–water partition coefficient (Wildman–Crippen LogP) is -0.0193. The van der Waals surface area contributed by atoms with E-state index in [4.69, 9.17) is 5.73 Å². The summed E-state index contributed by atoms with van der Waals surface area (Å²) in [6, 6.07) is -3.83. The minimum absolute atomic E-state index is 0.116. The fourth-order valence-corrected chi connectivity index (χ4v) is 3.88. The second-order valence-corrected chi connectivity index (χ2v) is 10.1. The molecule has 0 radical (unpaired) electrons. The maximum absolute atomic E-state index is 13.2. The molecule has 7 N–H and O–H groups in total. The molecule has 3 amide bonds. The number of nitrogens with zero attached hydrogens (tertiary/aromatic N) is 1. The molecule has 1 heterocycles. The summed E-state index contributed by atoms with van der Waals surface area (Å²) < 4.78 is 0. The highest BCUT2D eigenvalue weighted by Crippen LogP contribution is 2.07. The second-order valence-electron chi connectivity index (χ2n) is 8.14. The first-order chi connectivity index (χ1) is 16.1. The Kier molecular flexibility index (Phi) is 13.7. The lowest BCUT2D eigenvalue weighted by molar-refractivity contribution is -0.142. The Morgan fingerprint density at radius 2 is 1.50 bits per heavy atom. The van der Waals surface area contributed by atoms with E-state index in [0.717, 1.165) is 0 Å². The van der Waals surface area contributed by atoms with E-state index in [1.165, 1.54) is 36.0 Å². The van der Waals surface area contributed by atoms with E-state index in [2.05, 4.69) is 25.9 Å². The third kappa shape index (κ3) is 10.3. The van der Waals surface area contributed by atoms with Crippen molar-refractivity contribution >= 4 is 47.2 Å². The number of amides is 3. The molecule has 1 aromatic rings. The number of carboxylic acid groups (broad SMARTS) is 1. The molecule has 0 bridgehead atoms. The van der Waals surface area contributed by atoms with Gasteiger partial charge in [0.25, 0.3) is 0 Å². The molecule has 0 aromatic carbocycles. The minimum Gasteiger partial charge on any atom is -0.480 e. The number of nitrogens with one attached hydrogen (secondary N) is 4. The highest BCUT2D eigenvalue weighted by Gasteiger charge is 2.30. The Morgan fingerprint density at radius 3 is 2.00 bits per heavy atom. The fourth-order valence-electron chi connectivity index (χ4n) is 2.94. The van der Waals surface area contributed by atoms with Gasteiger partial charge in [0, 0.05) is 18.3 Å². The van der Waals surface area contributed by atoms with Crippen LogP contribution in [0, 0.1) is 5.92 Å². The number of aromatic nitrogens is 2. The Labute approximate surface area is 208 Å². The van der Waals surface area contributed by atoms with Gasteiger partial charge in [-0.3, -0.25) is 14.4 Å². The maximum atomic E-state index is 13.2. The molecule has 1 aromatic heterocycles. The van der Waals surface area contributed by atoms with Gasteiger partial charge in [0.05, 0.1) is 12.4 Å². The van der Waals surface area contributed by atoms with Gasteiger partial charge in [-0.1, -0.05) is 13.8 Å². The number of carboxylic acids is 1. The van der Waals surface area contributed by atoms with Crippen molar-refractivity contribution in [2.45, 2.75) is 57.3 Å². The molecule has 4 atom stereocenters. The zero-order valence-corrected chi connectivity index (χ0v) is 21.6. The van der Waals surface area contributed by atoms with E-state index in [1.54, 1.807) is 13.8 Å². The van der Waals surface area contributed by atoms with Crippen molar-refractivity contribution in [3.63, 3.8) is 0 Å². The number of hydrogen-bond donors (Lipinski definition) is 6. The lowest BCUT2D eigenvalue weighted by Gasteiger charge is -2.25. The van der Waals surface area contributed by atoms with E-state index in [9.17, 15) is 24.3 Å². The second kappa shape index (κ2) is 15.6. The number of carbonyl (C=O) groups is 4. The predicted molar refractivity (Wildman–Crippen MR) is 135 cm³/mol. The van der Waals surface area contributed by atoms with Crippen molar-refractivity contribution in [1.29, 1.82) is 0 Å². The van der Waals surface area contributed by atoms with Crippen molar-refractivity contribution in [2.24, 2.45) is 11.7 Å². The van der Waals surface area contributed by atoms with Gasteiger partial charge in [-0.2, -0.15) is 23.5 Å². The van der Waals surface area contributed by atoms with Crippen LogP contribution in [0.3, 0.4) is 0 Å². The number of aliphatic carboxylic acids is 1. The normalized spacial score (nSPS) is 14.6. The third-order valence-electron chi connectivity index (χ3n) is 5.10. The molecule has 4 unspecified atom stereocenters. The lowest BCUT2D eigenvalue weighted by Crippen LogP contribution is -2.58. The van der Waals surface area contributed by atoms with Crippen LogP contribution in [0.2, 0.25) is 0 Å². The molecule has 13 heteroatoms. The number of rotatable bonds is 16. The first-order valence-corrected chi connectivity index (χ1v) is 13.7. The largest absolute Gasteiger partial charge is 0.480 e. The SMILES string of the molecule is CSCCC(NC(=O)C(CCSC)NC(=O)C(Cc1cnc[nH]1)NC(=O)C(N)C(C)C)C(=O)O. The van der Waals surface area contributed by atoms with Crippen LogP contribution in [0.15, 0.2) is 12.5 Å². The molecule has 0 aliphatic rings. The Bertz CT molecular complexity index is 793. The van der Waals surface area contributed by atoms with Crippen LogP contribution >= 0.6 is 23.5 Å². The molecule has 192 valence electrons. The summed E-state index contributed by atoms with van der Waals surface area (Å²) in [5.74, 6) is -1.78. The van der Waals surface area contributed by atoms with Crippen LogP contribution in [0.1, 0.15) is 32.4 Å². The van der Waals surface area contributed by atoms with E-state index >= 15 is 0 Å². The Morgan fingerprint density at radius 1 is 0.971 bits per heavy atom. The van der Waals surface area contributed by atoms with Crippen molar-refractivity contribution in [3.05, 3.63) is 18.2 Å². The molecule has 11 nitrogen and oxygen atoms in total. The molecule has 0 saturated carbocycles. The third-order valence-corrected chi connectivity index (χ3v) is 6.39. The van der Waals surface area contributed by atoms with Gasteiger partial charge in [-0.15, -0.1) is 0 Å². The highest BCUT2D eigenvalue weighted by atomic mass is 32.2. The van der Waals surface area contributed by atoms with Gasteiger partial charge in [0.2, 0.25) is 17.7 Å². The summed E-state index contributed by atoms with van der Waals surface area (Å²) in [4.78, 5) is 57.0. The standard InChI is InChI=1S/C21H36N6O5S2/c1-12(2)17(22)20(30)27-16(9-13-10-23-11-24-13)19(29)25-14(5-7-33-3)18(28)26-15(21(31)32)6-8-34-4/h10-12,14-17H,5-9,22H2,1-4H3,(H,23,24)(H,25,29)(H,26,28)(H,27,30)(H,31,32). The van der Waals surface area contributed by atoms with Gasteiger partial charge in [-0.05, 0) is 42.8 Å². The molecule has 0 saturated heterocycles. The van der Waals surface area contributed by atoms with Crippen LogP contribution in [-0.4, -0.2) is 86.9 Å². The van der Waals surface area contributed by atoms with Crippen molar-refractivity contribution < 1.29 is 24.3 Å². The summed E-state index contributed by atoms with van der Waals surface area (Å²) in [5, 5.41) is 17.3. The first kappa shape index (κ1) is 29.8. The zero-order valence-electron chi connectivity index (χ0n) is 20.0. The summed E-state index contributed by atoms with van der Waals surface area (Å²) >= 11 is 2.97. The minimum atomic E-state index is -1.13. The lowest BCUT2D eigenvalue weighted by atomic mass is 10.0. The van der Waals surface area contributed by atoms with E-state index in [0.29, 0.717) is 23.6 Å². The highest BCUT2D eigenvalue weighted by molar-refractivity contribution is 7.98. The number of thioether (sulfide) groups is 2. The number of H-pyrrole nitrogens is 1. The van der Waals surface area contributed by atoms with E-state index < -0.39 is 47.9 Å². The quantitative estimate of drug-likeness (QED) is 0.176. The fraction of sp³-hybridized carbons (Fsp3) is 0.667. The summed E-state index contributed by atoms with van der Waals surface area (Å²) in [6.45, 7) is 3.60.